The number of ether oxygens (including phenoxy) is 16. The summed E-state index contributed by atoms with van der Waals surface area (Å²) in [5.74, 6) is 0. The molecule has 56 heavy (non-hydrogen) atoms. The Morgan fingerprint density at radius 1 is 0.554 bits per heavy atom. The maximum absolute atomic E-state index is 5.93. The number of fused-ring (bicyclic) bond motifs is 8. The average Bonchev–Trinajstić information content (AvgIpc) is 4.05. The van der Waals surface area contributed by atoms with Crippen LogP contribution in [-0.2, 0) is 75.8 Å². The summed E-state index contributed by atoms with van der Waals surface area (Å²) >= 11 is 0. The van der Waals surface area contributed by atoms with Crippen molar-refractivity contribution in [3.05, 3.63) is 0 Å². The molecule has 0 aromatic heterocycles. The fourth-order valence-corrected chi connectivity index (χ4v) is 10.4. The van der Waals surface area contributed by atoms with Gasteiger partial charge in [0.1, 0.15) is 70.7 Å². The Morgan fingerprint density at radius 2 is 1.04 bits per heavy atom. The zero-order valence-electron chi connectivity index (χ0n) is 36.7. The molecule has 0 radical (unpaired) electrons. The maximum atomic E-state index is 5.93. The molecule has 8 bridgehead atoms. The van der Waals surface area contributed by atoms with E-state index in [1.165, 1.54) is 0 Å². The van der Waals surface area contributed by atoms with Crippen molar-refractivity contribution in [2.75, 3.05) is 89.9 Å². The molecule has 0 unspecified atom stereocenters. The van der Waals surface area contributed by atoms with Crippen molar-refractivity contribution in [3.63, 3.8) is 0 Å². The Bertz CT molecular complexity index is 1200. The summed E-state index contributed by atoms with van der Waals surface area (Å²) in [4.78, 5) is 0. The Kier molecular flexibility index (Phi) is 15.0. The van der Waals surface area contributed by atoms with Crippen molar-refractivity contribution < 1.29 is 75.8 Å². The molecule has 8 saturated heterocycles. The summed E-state index contributed by atoms with van der Waals surface area (Å²) in [6.45, 7) is 18.8. The van der Waals surface area contributed by atoms with Crippen LogP contribution >= 0.6 is 0 Å². The quantitative estimate of drug-likeness (QED) is 0.284. The molecule has 8 aliphatic heterocycles. The Hall–Kier alpha value is -0.640. The third-order valence-electron chi connectivity index (χ3n) is 13.8. The summed E-state index contributed by atoms with van der Waals surface area (Å²) in [6.07, 6.45) is 0.501. The van der Waals surface area contributed by atoms with Gasteiger partial charge in [0.05, 0.1) is 75.8 Å². The highest BCUT2D eigenvalue weighted by atomic mass is 16.7. The molecule has 16 heteroatoms. The summed E-state index contributed by atoms with van der Waals surface area (Å²) in [6, 6.07) is 0. The van der Waals surface area contributed by atoms with Crippen LogP contribution in [0.1, 0.15) is 55.4 Å². The Balaban J connectivity index is 0.000000143. The highest BCUT2D eigenvalue weighted by Gasteiger charge is 2.69. The van der Waals surface area contributed by atoms with E-state index in [9.17, 15) is 0 Å². The third kappa shape index (κ3) is 7.32. The summed E-state index contributed by atoms with van der Waals surface area (Å²) < 4.78 is 89.6. The van der Waals surface area contributed by atoms with E-state index in [-0.39, 0.29) is 91.1 Å². The summed E-state index contributed by atoms with van der Waals surface area (Å²) in [7, 11) is 13.5. The van der Waals surface area contributed by atoms with Gasteiger partial charge < -0.3 is 75.8 Å². The van der Waals surface area contributed by atoms with Gasteiger partial charge in [-0.2, -0.15) is 0 Å². The van der Waals surface area contributed by atoms with Crippen LogP contribution in [0.3, 0.4) is 0 Å². The van der Waals surface area contributed by atoms with Crippen molar-refractivity contribution in [2.24, 2.45) is 0 Å². The molecule has 0 aromatic rings. The van der Waals surface area contributed by atoms with Crippen molar-refractivity contribution in [1.82, 2.24) is 0 Å². The topological polar surface area (TPSA) is 148 Å². The van der Waals surface area contributed by atoms with Gasteiger partial charge in [0.15, 0.2) is 0 Å². The highest BCUT2D eigenvalue weighted by molar-refractivity contribution is 5.17. The minimum Gasteiger partial charge on any atom is -0.381 e. The molecule has 0 aromatic carbocycles. The molecule has 8 heterocycles. The van der Waals surface area contributed by atoms with Crippen LogP contribution in [0.4, 0.5) is 0 Å². The predicted octanol–water partition coefficient (Wildman–Crippen LogP) is 2.37. The lowest BCUT2D eigenvalue weighted by Crippen LogP contribution is -2.54. The normalized spacial score (nSPS) is 49.9. The molecule has 0 saturated carbocycles. The second-order valence-corrected chi connectivity index (χ2v) is 16.6. The molecule has 8 fully saturated rings. The monoisotopic (exact) mass is 808 g/mol. The average molecular weight is 809 g/mol. The van der Waals surface area contributed by atoms with Gasteiger partial charge in [0.25, 0.3) is 0 Å². The SMILES string of the molecule is COC[C@@]12O[C@@H](C)[C@@H](O[C@@H]1C)[C@H]2OC.COC[C@]12CO[C@H]([C@H](C)O1)[C@@]2(C)OC.CO[C@@H](C)[C@]12CO[C@H]([C@H](C)O1)[C@H]2OC.CO[C@@H]1[C@@H]2OC[C@@]1([C@@H](C)OC)O[C@H]2C. The van der Waals surface area contributed by atoms with Crippen molar-refractivity contribution in [2.45, 2.75) is 169 Å². The molecule has 0 spiro atoms. The van der Waals surface area contributed by atoms with Gasteiger partial charge in [-0.15, -0.1) is 0 Å². The molecule has 19 atom stereocenters. The second kappa shape index (κ2) is 18.1. The van der Waals surface area contributed by atoms with E-state index in [2.05, 4.69) is 0 Å². The van der Waals surface area contributed by atoms with Gasteiger partial charge >= 0.3 is 0 Å². The van der Waals surface area contributed by atoms with Gasteiger partial charge in [-0.3, -0.25) is 0 Å². The number of hydrogen-bond acceptors (Lipinski definition) is 16. The predicted molar refractivity (Wildman–Crippen MR) is 201 cm³/mol. The van der Waals surface area contributed by atoms with E-state index in [4.69, 9.17) is 75.8 Å². The van der Waals surface area contributed by atoms with Gasteiger partial charge in [0, 0.05) is 56.9 Å². The van der Waals surface area contributed by atoms with E-state index in [0.717, 1.165) is 0 Å². The fourth-order valence-electron chi connectivity index (χ4n) is 10.4. The minimum atomic E-state index is -0.430. The van der Waals surface area contributed by atoms with Gasteiger partial charge in [-0.25, -0.2) is 0 Å². The maximum Gasteiger partial charge on any atom is 0.146 e. The number of methoxy groups -OCH3 is 8. The molecule has 8 rings (SSSR count). The van der Waals surface area contributed by atoms with E-state index in [1.54, 1.807) is 56.9 Å². The lowest BCUT2D eigenvalue weighted by molar-refractivity contribution is -0.194. The first-order valence-corrected chi connectivity index (χ1v) is 19.9. The first-order chi connectivity index (χ1) is 26.6. The molecule has 0 aliphatic carbocycles. The standard InChI is InChI=1S/4C10H18O4/c1-7-8-9(2,12-4)10(14-7,5-11-3)6-13-8;2*1-6-8-9(12-4)10(14-6,5-13-8)7(2)11-3;1-6-8-9(12-4)10(14-6,5-11-3)7(2)13-8/h7-8H,5-6H2,1-4H3;3*6-9H,5H2,1-4H3/t7-,8+,9+,10+;6-,7+,8+,9+,10-;6-,7-,8+,9+,10-;6-,7+,8+,9+,10+/m0000/s1. The highest BCUT2D eigenvalue weighted by Crippen LogP contribution is 2.50. The van der Waals surface area contributed by atoms with Crippen LogP contribution in [-0.4, -0.2) is 203 Å². The fraction of sp³-hybridized carbons (Fsp3) is 1.00. The van der Waals surface area contributed by atoms with Crippen molar-refractivity contribution in [3.8, 4) is 0 Å². The third-order valence-corrected chi connectivity index (χ3v) is 13.8. The minimum absolute atomic E-state index is 0.00699. The molecule has 8 aliphatic rings. The largest absolute Gasteiger partial charge is 0.381 e. The van der Waals surface area contributed by atoms with Crippen LogP contribution in [0.25, 0.3) is 0 Å². The molecular formula is C40H72O16. The van der Waals surface area contributed by atoms with E-state index >= 15 is 0 Å². The summed E-state index contributed by atoms with van der Waals surface area (Å²) in [5.41, 5.74) is -2.04. The van der Waals surface area contributed by atoms with Crippen LogP contribution in [0, 0.1) is 0 Å². The lowest BCUT2D eigenvalue weighted by atomic mass is 9.85. The van der Waals surface area contributed by atoms with Crippen LogP contribution in [0.2, 0.25) is 0 Å². The smallest absolute Gasteiger partial charge is 0.146 e. The zero-order chi connectivity index (χ0) is 41.4. The Labute approximate surface area is 334 Å². The number of rotatable bonds is 12. The first kappa shape index (κ1) is 46.4. The molecule has 0 N–H and O–H groups in total. The van der Waals surface area contributed by atoms with Crippen molar-refractivity contribution >= 4 is 0 Å². The second-order valence-electron chi connectivity index (χ2n) is 16.6. The molecule has 16 nitrogen and oxygen atoms in total. The van der Waals surface area contributed by atoms with Gasteiger partial charge in [-0.1, -0.05) is 0 Å². The zero-order valence-corrected chi connectivity index (χ0v) is 36.7. The first-order valence-electron chi connectivity index (χ1n) is 19.9. The lowest BCUT2D eigenvalue weighted by Gasteiger charge is -2.35. The van der Waals surface area contributed by atoms with Crippen LogP contribution in [0.5, 0.6) is 0 Å². The van der Waals surface area contributed by atoms with E-state index in [1.807, 2.05) is 55.4 Å². The van der Waals surface area contributed by atoms with Crippen molar-refractivity contribution in [1.29, 1.82) is 0 Å². The van der Waals surface area contributed by atoms with Gasteiger partial charge in [-0.05, 0) is 55.4 Å². The summed E-state index contributed by atoms with van der Waals surface area (Å²) in [5, 5.41) is 0. The number of hydrogen-bond donors (Lipinski definition) is 0. The molecule has 0 amide bonds. The molecular weight excluding hydrogens is 736 g/mol. The van der Waals surface area contributed by atoms with E-state index in [0.29, 0.717) is 33.0 Å². The van der Waals surface area contributed by atoms with Gasteiger partial charge in [0.2, 0.25) is 0 Å². The van der Waals surface area contributed by atoms with Crippen LogP contribution in [0.15, 0.2) is 0 Å². The Morgan fingerprint density at radius 3 is 1.43 bits per heavy atom. The van der Waals surface area contributed by atoms with E-state index < -0.39 is 22.4 Å². The van der Waals surface area contributed by atoms with Crippen LogP contribution < -0.4 is 0 Å². The molecule has 328 valence electrons.